The van der Waals surface area contributed by atoms with E-state index in [1.165, 1.54) is 16.7 Å². The fourth-order valence-electron chi connectivity index (χ4n) is 4.28. The van der Waals surface area contributed by atoms with E-state index in [-0.39, 0.29) is 5.91 Å². The summed E-state index contributed by atoms with van der Waals surface area (Å²) in [4.78, 5) is 12.6. The van der Waals surface area contributed by atoms with Gasteiger partial charge in [-0.1, -0.05) is 24.3 Å². The van der Waals surface area contributed by atoms with Crippen molar-refractivity contribution in [2.75, 3.05) is 14.2 Å². The molecule has 1 aliphatic rings. The summed E-state index contributed by atoms with van der Waals surface area (Å²) in [5, 5.41) is 10.8. The Balaban J connectivity index is 1.31. The lowest BCUT2D eigenvalue weighted by atomic mass is 9.87. The lowest BCUT2D eigenvalue weighted by Crippen LogP contribution is -2.22. The quantitative estimate of drug-likeness (QED) is 0.453. The van der Waals surface area contributed by atoms with Gasteiger partial charge in [0.05, 0.1) is 25.6 Å². The van der Waals surface area contributed by atoms with Crippen LogP contribution in [0.1, 0.15) is 27.0 Å². The minimum atomic E-state index is -0.107. The molecule has 3 aromatic carbocycles. The molecular weight excluding hydrogens is 414 g/mol. The second kappa shape index (κ2) is 8.82. The van der Waals surface area contributed by atoms with Gasteiger partial charge in [-0.2, -0.15) is 5.10 Å². The summed E-state index contributed by atoms with van der Waals surface area (Å²) in [6.45, 7) is 0.460. The molecule has 4 aromatic rings. The van der Waals surface area contributed by atoms with Crippen LogP contribution in [-0.2, 0) is 19.4 Å². The van der Waals surface area contributed by atoms with Gasteiger partial charge in [-0.25, -0.2) is 0 Å². The minimum Gasteiger partial charge on any atom is -0.497 e. The van der Waals surface area contributed by atoms with Crippen molar-refractivity contribution >= 4 is 5.91 Å². The molecular formula is C27H25N3O3. The Morgan fingerprint density at radius 2 is 1.67 bits per heavy atom. The number of benzene rings is 3. The van der Waals surface area contributed by atoms with Crippen LogP contribution in [0.5, 0.6) is 11.5 Å². The predicted molar refractivity (Wildman–Crippen MR) is 128 cm³/mol. The van der Waals surface area contributed by atoms with E-state index in [0.29, 0.717) is 12.1 Å². The van der Waals surface area contributed by atoms with E-state index in [0.717, 1.165) is 46.9 Å². The maximum atomic E-state index is 12.6. The molecule has 6 nitrogen and oxygen atoms in total. The molecule has 0 spiro atoms. The summed E-state index contributed by atoms with van der Waals surface area (Å²) in [6, 6.07) is 21.4. The first kappa shape index (κ1) is 20.8. The van der Waals surface area contributed by atoms with E-state index in [2.05, 4.69) is 27.6 Å². The van der Waals surface area contributed by atoms with Gasteiger partial charge in [-0.05, 0) is 66.4 Å². The van der Waals surface area contributed by atoms with E-state index in [9.17, 15) is 4.79 Å². The van der Waals surface area contributed by atoms with Gasteiger partial charge in [0.15, 0.2) is 0 Å². The number of fused-ring (bicyclic) bond motifs is 3. The summed E-state index contributed by atoms with van der Waals surface area (Å²) >= 11 is 0. The Labute approximate surface area is 192 Å². The highest BCUT2D eigenvalue weighted by Gasteiger charge is 2.23. The fourth-order valence-corrected chi connectivity index (χ4v) is 4.28. The molecule has 33 heavy (non-hydrogen) atoms. The van der Waals surface area contributed by atoms with Crippen molar-refractivity contribution in [1.82, 2.24) is 15.5 Å². The first-order valence-corrected chi connectivity index (χ1v) is 10.9. The normalized spacial score (nSPS) is 11.9. The molecule has 6 heteroatoms. The number of H-pyrrole nitrogens is 1. The van der Waals surface area contributed by atoms with E-state index in [1.807, 2.05) is 54.6 Å². The number of aromatic nitrogens is 2. The van der Waals surface area contributed by atoms with Gasteiger partial charge >= 0.3 is 0 Å². The third-order valence-electron chi connectivity index (χ3n) is 6.13. The number of carbonyl (C=O) groups is 1. The van der Waals surface area contributed by atoms with Crippen LogP contribution < -0.4 is 14.8 Å². The number of rotatable bonds is 6. The second-order valence-electron chi connectivity index (χ2n) is 8.06. The number of nitrogens with zero attached hydrogens (tertiary/aromatic N) is 1. The maximum Gasteiger partial charge on any atom is 0.251 e. The molecule has 0 radical (unpaired) electrons. The van der Waals surface area contributed by atoms with Gasteiger partial charge in [-0.15, -0.1) is 0 Å². The Morgan fingerprint density at radius 3 is 2.39 bits per heavy atom. The van der Waals surface area contributed by atoms with Gasteiger partial charge in [0.2, 0.25) is 0 Å². The summed E-state index contributed by atoms with van der Waals surface area (Å²) < 4.78 is 10.5. The fraction of sp³-hybridized carbons (Fsp3) is 0.185. The van der Waals surface area contributed by atoms with Crippen molar-refractivity contribution < 1.29 is 14.3 Å². The number of hydrogen-bond acceptors (Lipinski definition) is 4. The average molecular weight is 440 g/mol. The number of ether oxygens (including phenoxy) is 2. The Hall–Kier alpha value is -4.06. The van der Waals surface area contributed by atoms with Crippen molar-refractivity contribution in [2.24, 2.45) is 0 Å². The zero-order valence-electron chi connectivity index (χ0n) is 18.6. The summed E-state index contributed by atoms with van der Waals surface area (Å²) in [5.74, 6) is 1.56. The number of carbonyl (C=O) groups excluding carboxylic acids is 1. The molecule has 0 aliphatic heterocycles. The highest BCUT2D eigenvalue weighted by atomic mass is 16.5. The highest BCUT2D eigenvalue weighted by molar-refractivity contribution is 5.94. The number of aryl methyl sites for hydroxylation is 1. The van der Waals surface area contributed by atoms with E-state index in [1.54, 1.807) is 14.2 Å². The van der Waals surface area contributed by atoms with Crippen LogP contribution in [-0.4, -0.2) is 30.3 Å². The van der Waals surface area contributed by atoms with Crippen molar-refractivity contribution in [1.29, 1.82) is 0 Å². The lowest BCUT2D eigenvalue weighted by Gasteiger charge is -2.17. The van der Waals surface area contributed by atoms with Crippen molar-refractivity contribution in [3.63, 3.8) is 0 Å². The van der Waals surface area contributed by atoms with Crippen LogP contribution in [0.2, 0.25) is 0 Å². The monoisotopic (exact) mass is 439 g/mol. The van der Waals surface area contributed by atoms with Crippen LogP contribution in [0.4, 0.5) is 0 Å². The Morgan fingerprint density at radius 1 is 0.939 bits per heavy atom. The summed E-state index contributed by atoms with van der Waals surface area (Å²) in [5.41, 5.74) is 8.29. The zero-order chi connectivity index (χ0) is 22.8. The number of hydrogen-bond donors (Lipinski definition) is 2. The molecule has 1 amide bonds. The van der Waals surface area contributed by atoms with Gasteiger partial charge in [-0.3, -0.25) is 9.89 Å². The molecule has 0 saturated carbocycles. The molecule has 0 atom stereocenters. The minimum absolute atomic E-state index is 0.107. The Bertz CT molecular complexity index is 1290. The molecule has 0 bridgehead atoms. The average Bonchev–Trinajstić information content (AvgIpc) is 3.32. The molecule has 5 rings (SSSR count). The van der Waals surface area contributed by atoms with E-state index >= 15 is 0 Å². The third kappa shape index (κ3) is 4.07. The van der Waals surface area contributed by atoms with Crippen LogP contribution in [0.25, 0.3) is 22.5 Å². The van der Waals surface area contributed by atoms with E-state index < -0.39 is 0 Å². The summed E-state index contributed by atoms with van der Waals surface area (Å²) in [6.07, 6.45) is 1.85. The topological polar surface area (TPSA) is 76.2 Å². The van der Waals surface area contributed by atoms with Gasteiger partial charge in [0.1, 0.15) is 11.5 Å². The van der Waals surface area contributed by atoms with E-state index in [4.69, 9.17) is 9.47 Å². The molecule has 0 saturated heterocycles. The SMILES string of the molecule is COc1ccc(CNC(=O)c2ccc(-c3n[nH]c4c3CCc3cc(OC)ccc3-4)cc2)cc1. The standard InChI is InChI=1S/C27H25N3O3/c1-32-21-10-3-17(4-11-21)16-28-27(31)19-7-5-18(6-8-19)25-24-13-9-20-15-22(33-2)12-14-23(20)26(24)30-29-25/h3-8,10-12,14-15H,9,13,16H2,1-2H3,(H,28,31)(H,29,30). The van der Waals surface area contributed by atoms with Gasteiger partial charge < -0.3 is 14.8 Å². The smallest absolute Gasteiger partial charge is 0.251 e. The molecule has 1 aliphatic carbocycles. The molecule has 1 heterocycles. The predicted octanol–water partition coefficient (Wildman–Crippen LogP) is 4.79. The Kier molecular flexibility index (Phi) is 5.57. The van der Waals surface area contributed by atoms with Crippen LogP contribution in [0, 0.1) is 0 Å². The van der Waals surface area contributed by atoms with Crippen molar-refractivity contribution in [3.05, 3.63) is 89.0 Å². The van der Waals surface area contributed by atoms with Crippen molar-refractivity contribution in [2.45, 2.75) is 19.4 Å². The molecule has 0 unspecified atom stereocenters. The largest absolute Gasteiger partial charge is 0.497 e. The number of amides is 1. The zero-order valence-corrected chi connectivity index (χ0v) is 18.6. The molecule has 1 aromatic heterocycles. The van der Waals surface area contributed by atoms with Gasteiger partial charge in [0, 0.05) is 28.8 Å². The van der Waals surface area contributed by atoms with Crippen molar-refractivity contribution in [3.8, 4) is 34.0 Å². The first-order valence-electron chi connectivity index (χ1n) is 10.9. The second-order valence-corrected chi connectivity index (χ2v) is 8.06. The van der Waals surface area contributed by atoms with Crippen LogP contribution >= 0.6 is 0 Å². The lowest BCUT2D eigenvalue weighted by molar-refractivity contribution is 0.0951. The number of aromatic amines is 1. The van der Waals surface area contributed by atoms with Gasteiger partial charge in [0.25, 0.3) is 5.91 Å². The molecule has 2 N–H and O–H groups in total. The maximum absolute atomic E-state index is 12.6. The molecule has 166 valence electrons. The first-order chi connectivity index (χ1) is 16.2. The highest BCUT2D eigenvalue weighted by Crippen LogP contribution is 2.38. The third-order valence-corrected chi connectivity index (χ3v) is 6.13. The summed E-state index contributed by atoms with van der Waals surface area (Å²) in [7, 11) is 3.32. The number of nitrogens with one attached hydrogen (secondary N) is 2. The van der Waals surface area contributed by atoms with Crippen LogP contribution in [0.15, 0.2) is 66.7 Å². The number of methoxy groups -OCH3 is 2. The molecule has 0 fully saturated rings. The van der Waals surface area contributed by atoms with Crippen LogP contribution in [0.3, 0.4) is 0 Å².